The average Bonchev–Trinajstić information content (AvgIpc) is 2.50. The van der Waals surface area contributed by atoms with Gasteiger partial charge in [0.25, 0.3) is 0 Å². The zero-order chi connectivity index (χ0) is 18.2. The zero-order valence-electron chi connectivity index (χ0n) is 14.9. The van der Waals surface area contributed by atoms with E-state index >= 15 is 0 Å². The van der Waals surface area contributed by atoms with Gasteiger partial charge in [-0.05, 0) is 63.3 Å². The molecule has 0 heterocycles. The van der Waals surface area contributed by atoms with Gasteiger partial charge in [-0.15, -0.1) is 0 Å². The molecule has 0 aliphatic heterocycles. The fourth-order valence-corrected chi connectivity index (χ4v) is 2.10. The SMILES string of the molecule is CCN(C)C=Nc1cc(C)c(OCCCCCC(F)(F)F)cc1C. The first-order valence-corrected chi connectivity index (χ1v) is 8.28. The minimum atomic E-state index is -4.06. The van der Waals surface area contributed by atoms with Crippen LogP contribution in [-0.4, -0.2) is 37.6 Å². The smallest absolute Gasteiger partial charge is 0.389 e. The number of hydrogen-bond acceptors (Lipinski definition) is 2. The van der Waals surface area contributed by atoms with Crippen LogP contribution in [0.2, 0.25) is 0 Å². The molecule has 0 spiro atoms. The van der Waals surface area contributed by atoms with Crippen LogP contribution in [-0.2, 0) is 0 Å². The van der Waals surface area contributed by atoms with Crippen molar-refractivity contribution in [2.75, 3.05) is 20.2 Å². The molecule has 0 aliphatic rings. The van der Waals surface area contributed by atoms with Gasteiger partial charge >= 0.3 is 6.18 Å². The van der Waals surface area contributed by atoms with Crippen molar-refractivity contribution in [2.24, 2.45) is 4.99 Å². The Bertz CT molecular complexity index is 542. The van der Waals surface area contributed by atoms with E-state index in [2.05, 4.69) is 11.9 Å². The molecule has 0 aromatic heterocycles. The van der Waals surface area contributed by atoms with E-state index in [0.29, 0.717) is 19.4 Å². The Morgan fingerprint density at radius 3 is 2.46 bits per heavy atom. The molecule has 0 aliphatic carbocycles. The average molecular weight is 344 g/mol. The molecule has 24 heavy (non-hydrogen) atoms. The van der Waals surface area contributed by atoms with Gasteiger partial charge in [-0.3, -0.25) is 0 Å². The number of aryl methyl sites for hydroxylation is 2. The number of aliphatic imine (C=N–C) groups is 1. The van der Waals surface area contributed by atoms with Crippen molar-refractivity contribution in [3.05, 3.63) is 23.3 Å². The fraction of sp³-hybridized carbons (Fsp3) is 0.611. The maximum atomic E-state index is 12.1. The molecule has 0 N–H and O–H groups in total. The molecule has 0 unspecified atom stereocenters. The van der Waals surface area contributed by atoms with Crippen LogP contribution in [0.4, 0.5) is 18.9 Å². The Balaban J connectivity index is 2.49. The number of benzene rings is 1. The van der Waals surface area contributed by atoms with Crippen molar-refractivity contribution in [1.29, 1.82) is 0 Å². The summed E-state index contributed by atoms with van der Waals surface area (Å²) >= 11 is 0. The number of halogens is 3. The predicted octanol–water partition coefficient (Wildman–Crippen LogP) is 5.42. The normalized spacial score (nSPS) is 12.0. The van der Waals surface area contributed by atoms with E-state index in [4.69, 9.17) is 4.74 Å². The molecule has 6 heteroatoms. The summed E-state index contributed by atoms with van der Waals surface area (Å²) in [5.74, 6) is 0.770. The second kappa shape index (κ2) is 9.55. The van der Waals surface area contributed by atoms with Gasteiger partial charge in [-0.25, -0.2) is 4.99 Å². The summed E-state index contributed by atoms with van der Waals surface area (Å²) < 4.78 is 41.9. The van der Waals surface area contributed by atoms with Crippen molar-refractivity contribution in [2.45, 2.75) is 52.6 Å². The topological polar surface area (TPSA) is 24.8 Å². The largest absolute Gasteiger partial charge is 0.493 e. The molecule has 1 aromatic carbocycles. The summed E-state index contributed by atoms with van der Waals surface area (Å²) in [4.78, 5) is 6.45. The molecular formula is C18H27F3N2O. The van der Waals surface area contributed by atoms with E-state index in [1.54, 1.807) is 6.34 Å². The maximum Gasteiger partial charge on any atom is 0.389 e. The summed E-state index contributed by atoms with van der Waals surface area (Å²) in [5.41, 5.74) is 2.88. The molecule has 0 amide bonds. The number of rotatable bonds is 9. The molecule has 0 atom stereocenters. The highest BCUT2D eigenvalue weighted by Gasteiger charge is 2.25. The van der Waals surface area contributed by atoms with Crippen LogP contribution in [0.1, 0.15) is 43.7 Å². The first-order chi connectivity index (χ1) is 11.2. The summed E-state index contributed by atoms with van der Waals surface area (Å²) in [6, 6.07) is 3.90. The first kappa shape index (κ1) is 20.3. The van der Waals surface area contributed by atoms with E-state index in [1.165, 1.54) is 0 Å². The third-order valence-electron chi connectivity index (χ3n) is 3.75. The van der Waals surface area contributed by atoms with Gasteiger partial charge in [-0.1, -0.05) is 0 Å². The van der Waals surface area contributed by atoms with Crippen LogP contribution in [0.5, 0.6) is 5.75 Å². The lowest BCUT2D eigenvalue weighted by molar-refractivity contribution is -0.135. The highest BCUT2D eigenvalue weighted by Crippen LogP contribution is 2.28. The lowest BCUT2D eigenvalue weighted by atomic mass is 10.1. The van der Waals surface area contributed by atoms with E-state index in [1.807, 2.05) is 37.9 Å². The van der Waals surface area contributed by atoms with Crippen molar-refractivity contribution in [3.8, 4) is 5.75 Å². The Morgan fingerprint density at radius 2 is 1.83 bits per heavy atom. The summed E-state index contributed by atoms with van der Waals surface area (Å²) in [6.07, 6.45) is -1.69. The van der Waals surface area contributed by atoms with Gasteiger partial charge in [0.15, 0.2) is 0 Å². The fourth-order valence-electron chi connectivity index (χ4n) is 2.10. The number of ether oxygens (including phenoxy) is 1. The molecule has 0 fully saturated rings. The number of nitrogens with zero attached hydrogens (tertiary/aromatic N) is 2. The standard InChI is InChI=1S/C18H27F3N2O/c1-5-23(4)13-22-16-11-15(3)17(12-14(16)2)24-10-8-6-7-9-18(19,20)21/h11-13H,5-10H2,1-4H3. The maximum absolute atomic E-state index is 12.1. The Kier molecular flexibility index (Phi) is 8.08. The second-order valence-electron chi connectivity index (χ2n) is 6.00. The van der Waals surface area contributed by atoms with Gasteiger partial charge in [0, 0.05) is 20.0 Å². The molecule has 136 valence electrons. The lowest BCUT2D eigenvalue weighted by Crippen LogP contribution is -2.14. The first-order valence-electron chi connectivity index (χ1n) is 8.28. The minimum Gasteiger partial charge on any atom is -0.493 e. The van der Waals surface area contributed by atoms with E-state index < -0.39 is 12.6 Å². The molecule has 0 saturated carbocycles. The monoisotopic (exact) mass is 344 g/mol. The summed E-state index contributed by atoms with van der Waals surface area (Å²) in [5, 5.41) is 0. The Labute approximate surface area is 142 Å². The Hall–Kier alpha value is -1.72. The molecular weight excluding hydrogens is 317 g/mol. The zero-order valence-corrected chi connectivity index (χ0v) is 14.9. The van der Waals surface area contributed by atoms with Crippen LogP contribution in [0, 0.1) is 13.8 Å². The number of unbranched alkanes of at least 4 members (excludes halogenated alkanes) is 2. The molecule has 0 saturated heterocycles. The molecule has 1 rings (SSSR count). The highest BCUT2D eigenvalue weighted by molar-refractivity contribution is 5.64. The van der Waals surface area contributed by atoms with Crippen LogP contribution in [0.15, 0.2) is 17.1 Å². The highest BCUT2D eigenvalue weighted by atomic mass is 19.4. The van der Waals surface area contributed by atoms with Crippen molar-refractivity contribution < 1.29 is 17.9 Å². The number of hydrogen-bond donors (Lipinski definition) is 0. The molecule has 0 radical (unpaired) electrons. The van der Waals surface area contributed by atoms with Gasteiger partial charge in [-0.2, -0.15) is 13.2 Å². The molecule has 0 bridgehead atoms. The lowest BCUT2D eigenvalue weighted by Gasteiger charge is -2.13. The summed E-state index contributed by atoms with van der Waals surface area (Å²) in [6.45, 7) is 7.28. The minimum absolute atomic E-state index is 0.156. The third-order valence-corrected chi connectivity index (χ3v) is 3.75. The van der Waals surface area contributed by atoms with Crippen molar-refractivity contribution in [1.82, 2.24) is 4.90 Å². The predicted molar refractivity (Wildman–Crippen MR) is 92.4 cm³/mol. The quantitative estimate of drug-likeness (QED) is 0.340. The molecule has 1 aromatic rings. The van der Waals surface area contributed by atoms with Gasteiger partial charge in [0.05, 0.1) is 18.6 Å². The van der Waals surface area contributed by atoms with E-state index in [-0.39, 0.29) is 6.42 Å². The third kappa shape index (κ3) is 7.70. The molecule has 3 nitrogen and oxygen atoms in total. The van der Waals surface area contributed by atoms with Crippen molar-refractivity contribution in [3.63, 3.8) is 0 Å². The van der Waals surface area contributed by atoms with Crippen LogP contribution >= 0.6 is 0 Å². The summed E-state index contributed by atoms with van der Waals surface area (Å²) in [7, 11) is 1.96. The second-order valence-corrected chi connectivity index (χ2v) is 6.00. The van der Waals surface area contributed by atoms with Gasteiger partial charge < -0.3 is 9.64 Å². The van der Waals surface area contributed by atoms with Gasteiger partial charge in [0.1, 0.15) is 5.75 Å². The number of alkyl halides is 3. The van der Waals surface area contributed by atoms with Crippen molar-refractivity contribution >= 4 is 12.0 Å². The van der Waals surface area contributed by atoms with Crippen LogP contribution in [0.3, 0.4) is 0 Å². The van der Waals surface area contributed by atoms with Crippen LogP contribution in [0.25, 0.3) is 0 Å². The van der Waals surface area contributed by atoms with E-state index in [9.17, 15) is 13.2 Å². The Morgan fingerprint density at radius 1 is 1.12 bits per heavy atom. The van der Waals surface area contributed by atoms with Gasteiger partial charge in [0.2, 0.25) is 0 Å². The van der Waals surface area contributed by atoms with Crippen LogP contribution < -0.4 is 4.74 Å². The van der Waals surface area contributed by atoms with E-state index in [0.717, 1.165) is 29.1 Å².